The summed E-state index contributed by atoms with van der Waals surface area (Å²) in [6.07, 6.45) is 9.54. The first-order chi connectivity index (χ1) is 11.3. The van der Waals surface area contributed by atoms with Gasteiger partial charge in [-0.25, -0.2) is 5.43 Å². The van der Waals surface area contributed by atoms with E-state index in [9.17, 15) is 4.79 Å². The monoisotopic (exact) mass is 336 g/mol. The lowest BCUT2D eigenvalue weighted by Crippen LogP contribution is -2.16. The van der Waals surface area contributed by atoms with Gasteiger partial charge in [0.1, 0.15) is 12.4 Å². The molecule has 0 fully saturated rings. The zero-order chi connectivity index (χ0) is 16.8. The number of hydrogen-bond donors (Lipinski definition) is 1. The van der Waals surface area contributed by atoms with Gasteiger partial charge in [0.25, 0.3) is 0 Å². The number of ether oxygens (including phenoxy) is 1. The van der Waals surface area contributed by atoms with E-state index in [1.54, 1.807) is 12.3 Å². The van der Waals surface area contributed by atoms with E-state index < -0.39 is 0 Å². The van der Waals surface area contributed by atoms with E-state index in [4.69, 9.17) is 16.3 Å². The van der Waals surface area contributed by atoms with Gasteiger partial charge in [0.05, 0.1) is 6.21 Å². The van der Waals surface area contributed by atoms with E-state index in [2.05, 4.69) is 17.5 Å². The van der Waals surface area contributed by atoms with E-state index in [0.29, 0.717) is 13.0 Å². The molecule has 4 nitrogen and oxygen atoms in total. The van der Waals surface area contributed by atoms with Gasteiger partial charge in [-0.05, 0) is 42.3 Å². The fourth-order valence-electron chi connectivity index (χ4n) is 1.95. The summed E-state index contributed by atoms with van der Waals surface area (Å²) in [5, 5.41) is 3.97. The van der Waals surface area contributed by atoms with Crippen LogP contribution in [0.5, 0.6) is 5.75 Å². The van der Waals surface area contributed by atoms with Crippen LogP contribution in [0.1, 0.15) is 51.0 Å². The van der Waals surface area contributed by atoms with E-state index in [1.807, 2.05) is 24.3 Å². The Labute approximate surface area is 143 Å². The third-order valence-corrected chi connectivity index (χ3v) is 3.40. The Bertz CT molecular complexity index is 498. The van der Waals surface area contributed by atoms with Crippen molar-refractivity contribution in [3.8, 4) is 5.75 Å². The van der Waals surface area contributed by atoms with Crippen LogP contribution in [-0.2, 0) is 4.79 Å². The van der Waals surface area contributed by atoms with E-state index in [1.165, 1.54) is 24.8 Å². The summed E-state index contributed by atoms with van der Waals surface area (Å²) < 4.78 is 5.43. The van der Waals surface area contributed by atoms with E-state index in [0.717, 1.165) is 24.2 Å². The highest BCUT2D eigenvalue weighted by molar-refractivity contribution is 6.25. The average molecular weight is 337 g/mol. The molecule has 1 aromatic carbocycles. The Balaban J connectivity index is 2.24. The van der Waals surface area contributed by atoms with Gasteiger partial charge in [-0.2, -0.15) is 5.10 Å². The largest absolute Gasteiger partial charge is 0.490 e. The van der Waals surface area contributed by atoms with Crippen molar-refractivity contribution in [2.45, 2.75) is 45.4 Å². The number of hydrazone groups is 1. The molecule has 0 aromatic heterocycles. The second kappa shape index (κ2) is 12.7. The number of amides is 1. The topological polar surface area (TPSA) is 50.7 Å². The van der Waals surface area contributed by atoms with Gasteiger partial charge in [-0.3, -0.25) is 4.79 Å². The summed E-state index contributed by atoms with van der Waals surface area (Å²) in [6, 6.07) is 7.44. The molecule has 0 heterocycles. The molecule has 0 radical (unpaired) electrons. The molecule has 0 aliphatic carbocycles. The highest BCUT2D eigenvalue weighted by atomic mass is 35.5. The lowest BCUT2D eigenvalue weighted by molar-refractivity contribution is -0.121. The Kier molecular flexibility index (Phi) is 10.6. The second-order valence-corrected chi connectivity index (χ2v) is 5.45. The second-order valence-electron chi connectivity index (χ2n) is 5.20. The molecular weight excluding hydrogens is 312 g/mol. The van der Waals surface area contributed by atoms with Crippen LogP contribution in [0.3, 0.4) is 0 Å². The van der Waals surface area contributed by atoms with Crippen LogP contribution in [0.15, 0.2) is 41.0 Å². The van der Waals surface area contributed by atoms with Crippen molar-refractivity contribution in [1.82, 2.24) is 5.43 Å². The number of unbranched alkanes of at least 4 members (excludes halogenated alkanes) is 4. The third-order valence-electron chi connectivity index (χ3n) is 3.23. The number of rotatable bonds is 11. The zero-order valence-electron chi connectivity index (χ0n) is 13.6. The van der Waals surface area contributed by atoms with Crippen LogP contribution in [0, 0.1) is 0 Å². The highest BCUT2D eigenvalue weighted by Gasteiger charge is 1.99. The van der Waals surface area contributed by atoms with Crippen molar-refractivity contribution in [3.63, 3.8) is 0 Å². The quantitative estimate of drug-likeness (QED) is 0.364. The molecule has 1 N–H and O–H groups in total. The number of carbonyl (C=O) groups is 1. The molecule has 0 aliphatic heterocycles. The van der Waals surface area contributed by atoms with Crippen LogP contribution < -0.4 is 10.2 Å². The normalized spacial score (nSPS) is 11.2. The molecule has 5 heteroatoms. The van der Waals surface area contributed by atoms with Gasteiger partial charge >= 0.3 is 0 Å². The first-order valence-electron chi connectivity index (χ1n) is 8.06. The number of halogens is 1. The first-order valence-corrected chi connectivity index (χ1v) is 8.50. The van der Waals surface area contributed by atoms with Crippen molar-refractivity contribution in [3.05, 3.63) is 41.4 Å². The maximum Gasteiger partial charge on any atom is 0.240 e. The molecule has 0 spiro atoms. The summed E-state index contributed by atoms with van der Waals surface area (Å²) in [6.45, 7) is 2.61. The lowest BCUT2D eigenvalue weighted by Gasteiger charge is -2.03. The smallest absolute Gasteiger partial charge is 0.240 e. The summed E-state index contributed by atoms with van der Waals surface area (Å²) in [4.78, 5) is 11.6. The summed E-state index contributed by atoms with van der Waals surface area (Å²) in [5.74, 6) is 0.721. The fourth-order valence-corrected chi connectivity index (χ4v) is 2.03. The molecule has 0 saturated heterocycles. The van der Waals surface area contributed by atoms with Crippen LogP contribution in [0.25, 0.3) is 0 Å². The molecule has 0 aliphatic rings. The van der Waals surface area contributed by atoms with Crippen molar-refractivity contribution >= 4 is 23.7 Å². The van der Waals surface area contributed by atoms with Gasteiger partial charge in [0.15, 0.2) is 0 Å². The van der Waals surface area contributed by atoms with Crippen LogP contribution >= 0.6 is 11.6 Å². The molecule has 0 saturated carbocycles. The van der Waals surface area contributed by atoms with Gasteiger partial charge in [-0.1, -0.05) is 44.2 Å². The van der Waals surface area contributed by atoms with E-state index >= 15 is 0 Å². The molecule has 23 heavy (non-hydrogen) atoms. The minimum Gasteiger partial charge on any atom is -0.490 e. The molecular formula is C18H25ClN2O2. The van der Waals surface area contributed by atoms with Crippen LogP contribution in [0.2, 0.25) is 0 Å². The van der Waals surface area contributed by atoms with Gasteiger partial charge in [0, 0.05) is 12.0 Å². The van der Waals surface area contributed by atoms with Crippen molar-refractivity contribution < 1.29 is 9.53 Å². The third kappa shape index (κ3) is 9.74. The van der Waals surface area contributed by atoms with Gasteiger partial charge < -0.3 is 4.74 Å². The Morgan fingerprint density at radius 3 is 2.65 bits per heavy atom. The molecule has 126 valence electrons. The van der Waals surface area contributed by atoms with Gasteiger partial charge in [-0.15, -0.1) is 0 Å². The minimum absolute atomic E-state index is 0.0365. The SMILES string of the molecule is CCCCCCCC(=O)N/N=C/c1ccc(OC/C=C/Cl)cc1. The summed E-state index contributed by atoms with van der Waals surface area (Å²) >= 11 is 5.42. The maximum absolute atomic E-state index is 11.6. The standard InChI is InChI=1S/C18H25ClN2O2/c1-2-3-4-5-6-8-18(22)21-20-15-16-9-11-17(12-10-16)23-14-7-13-19/h7,9-13,15H,2-6,8,14H2,1H3,(H,21,22)/b13-7+,20-15+. The molecule has 0 bridgehead atoms. The molecule has 1 rings (SSSR count). The maximum atomic E-state index is 11.6. The highest BCUT2D eigenvalue weighted by Crippen LogP contribution is 2.11. The van der Waals surface area contributed by atoms with E-state index in [-0.39, 0.29) is 5.91 Å². The number of carbonyl (C=O) groups excluding carboxylic acids is 1. The summed E-state index contributed by atoms with van der Waals surface area (Å²) in [7, 11) is 0. The Morgan fingerprint density at radius 2 is 1.96 bits per heavy atom. The van der Waals surface area contributed by atoms with Crippen molar-refractivity contribution in [2.75, 3.05) is 6.61 Å². The Morgan fingerprint density at radius 1 is 1.22 bits per heavy atom. The molecule has 0 atom stereocenters. The predicted molar refractivity (Wildman–Crippen MR) is 96.0 cm³/mol. The number of benzene rings is 1. The fraction of sp³-hybridized carbons (Fsp3) is 0.444. The van der Waals surface area contributed by atoms with Crippen LogP contribution in [-0.4, -0.2) is 18.7 Å². The number of nitrogens with zero attached hydrogens (tertiary/aromatic N) is 1. The summed E-state index contributed by atoms with van der Waals surface area (Å²) in [5.41, 5.74) is 4.87. The van der Waals surface area contributed by atoms with Gasteiger partial charge in [0.2, 0.25) is 5.91 Å². The number of hydrogen-bond acceptors (Lipinski definition) is 3. The Hall–Kier alpha value is -1.81. The first kappa shape index (κ1) is 19.2. The predicted octanol–water partition coefficient (Wildman–Crippen LogP) is 4.63. The number of nitrogens with one attached hydrogen (secondary N) is 1. The zero-order valence-corrected chi connectivity index (χ0v) is 14.4. The molecule has 1 aromatic rings. The minimum atomic E-state index is -0.0365. The lowest BCUT2D eigenvalue weighted by atomic mass is 10.1. The van der Waals surface area contributed by atoms with Crippen molar-refractivity contribution in [2.24, 2.45) is 5.10 Å². The molecule has 0 unspecified atom stereocenters. The van der Waals surface area contributed by atoms with Crippen LogP contribution in [0.4, 0.5) is 0 Å². The average Bonchev–Trinajstić information content (AvgIpc) is 2.56. The molecule has 1 amide bonds. The van der Waals surface area contributed by atoms with Crippen molar-refractivity contribution in [1.29, 1.82) is 0 Å².